The molecule has 0 radical (unpaired) electrons. The third kappa shape index (κ3) is 2.07. The van der Waals surface area contributed by atoms with Crippen molar-refractivity contribution in [2.75, 3.05) is 41.0 Å². The number of hydrogen-bond donors (Lipinski definition) is 4. The Morgan fingerprint density at radius 3 is 2.38 bits per heavy atom. The largest absolute Gasteiger partial charge is 0.392 e. The smallest absolute Gasteiger partial charge is 0.117 e. The Kier molecular flexibility index (Phi) is 4.62. The highest BCUT2D eigenvalue weighted by atomic mass is 16.5. The number of piperidine rings is 1. The molecule has 6 aliphatic rings. The minimum absolute atomic E-state index is 0.00308. The van der Waals surface area contributed by atoms with Crippen molar-refractivity contribution in [2.24, 2.45) is 34.5 Å². The molecular weight excluding hydrogens is 414 g/mol. The third-order valence-electron chi connectivity index (χ3n) is 11.3. The Hall–Kier alpha value is -0.320. The average Bonchev–Trinajstić information content (AvgIpc) is 3.12. The van der Waals surface area contributed by atoms with E-state index in [1.165, 1.54) is 0 Å². The summed E-state index contributed by atoms with van der Waals surface area (Å²) in [6, 6.07) is 0.0799. The molecule has 8 nitrogen and oxygen atoms in total. The van der Waals surface area contributed by atoms with Gasteiger partial charge in [-0.05, 0) is 37.1 Å². The summed E-state index contributed by atoms with van der Waals surface area (Å²) >= 11 is 0. The lowest BCUT2D eigenvalue weighted by Gasteiger charge is -2.68. The van der Waals surface area contributed by atoms with Gasteiger partial charge in [-0.2, -0.15) is 0 Å². The van der Waals surface area contributed by atoms with Crippen molar-refractivity contribution in [3.8, 4) is 0 Å². The molecule has 6 rings (SSSR count). The van der Waals surface area contributed by atoms with Gasteiger partial charge >= 0.3 is 0 Å². The molecule has 0 aromatic heterocycles. The maximum absolute atomic E-state index is 12.5. The van der Waals surface area contributed by atoms with Crippen molar-refractivity contribution in [1.29, 1.82) is 0 Å². The van der Waals surface area contributed by atoms with Crippen LogP contribution < -0.4 is 0 Å². The number of ether oxygens (including phenoxy) is 3. The molecule has 5 saturated carbocycles. The van der Waals surface area contributed by atoms with Gasteiger partial charge in [-0.1, -0.05) is 6.92 Å². The van der Waals surface area contributed by atoms with Crippen LogP contribution in [0.5, 0.6) is 0 Å². The van der Waals surface area contributed by atoms with E-state index in [4.69, 9.17) is 14.2 Å². The van der Waals surface area contributed by atoms with Crippen LogP contribution in [0.2, 0.25) is 0 Å². The van der Waals surface area contributed by atoms with E-state index in [2.05, 4.69) is 11.8 Å². The molecule has 0 aromatic rings. The zero-order chi connectivity index (χ0) is 22.8. The van der Waals surface area contributed by atoms with Crippen LogP contribution in [0.3, 0.4) is 0 Å². The van der Waals surface area contributed by atoms with Crippen molar-refractivity contribution in [3.63, 3.8) is 0 Å². The zero-order valence-corrected chi connectivity index (χ0v) is 19.6. The summed E-state index contributed by atoms with van der Waals surface area (Å²) in [5.41, 5.74) is -3.33. The van der Waals surface area contributed by atoms with Crippen LogP contribution in [0.1, 0.15) is 32.6 Å². The van der Waals surface area contributed by atoms with Crippen molar-refractivity contribution < 1.29 is 34.6 Å². The summed E-state index contributed by atoms with van der Waals surface area (Å²) in [6.07, 6.45) is -0.257. The zero-order valence-electron chi connectivity index (χ0n) is 19.6. The molecule has 5 aliphatic carbocycles. The van der Waals surface area contributed by atoms with Crippen LogP contribution in [0.4, 0.5) is 0 Å². The lowest BCUT2D eigenvalue weighted by atomic mass is 9.43. The second-order valence-electron chi connectivity index (χ2n) is 11.7. The van der Waals surface area contributed by atoms with E-state index < -0.39 is 40.8 Å². The Morgan fingerprint density at radius 1 is 1.00 bits per heavy atom. The van der Waals surface area contributed by atoms with Gasteiger partial charge in [0.15, 0.2) is 0 Å². The molecule has 6 fully saturated rings. The fraction of sp³-hybridized carbons (Fsp3) is 1.00. The maximum atomic E-state index is 12.5. The van der Waals surface area contributed by atoms with Gasteiger partial charge in [0, 0.05) is 63.5 Å². The summed E-state index contributed by atoms with van der Waals surface area (Å²) in [5.74, 6) is -0.721. The van der Waals surface area contributed by atoms with Gasteiger partial charge in [0.05, 0.1) is 36.6 Å². The molecule has 1 heterocycles. The fourth-order valence-corrected chi connectivity index (χ4v) is 10.6. The number of rotatable bonds is 5. The van der Waals surface area contributed by atoms with Gasteiger partial charge < -0.3 is 34.6 Å². The van der Waals surface area contributed by atoms with Gasteiger partial charge in [-0.3, -0.25) is 4.90 Å². The number of nitrogens with zero attached hydrogens (tertiary/aromatic N) is 1. The Labute approximate surface area is 189 Å². The molecular formula is C24H39NO7. The normalized spacial score (nSPS) is 62.4. The summed E-state index contributed by atoms with van der Waals surface area (Å²) in [5, 5.41) is 47.0. The number of hydrogen-bond acceptors (Lipinski definition) is 8. The monoisotopic (exact) mass is 453 g/mol. The number of aliphatic hydroxyl groups excluding tert-OH is 2. The summed E-state index contributed by atoms with van der Waals surface area (Å²) in [7, 11) is 4.97. The summed E-state index contributed by atoms with van der Waals surface area (Å²) in [6.45, 7) is 4.08. The molecule has 1 saturated heterocycles. The highest BCUT2D eigenvalue weighted by Crippen LogP contribution is 2.79. The first-order valence-corrected chi connectivity index (χ1v) is 12.3. The first-order chi connectivity index (χ1) is 15.2. The average molecular weight is 454 g/mol. The van der Waals surface area contributed by atoms with Crippen molar-refractivity contribution in [2.45, 2.75) is 74.3 Å². The molecule has 0 aromatic carbocycles. The van der Waals surface area contributed by atoms with E-state index in [1.54, 1.807) is 21.3 Å². The first-order valence-electron chi connectivity index (χ1n) is 12.3. The van der Waals surface area contributed by atoms with E-state index in [0.29, 0.717) is 32.4 Å². The lowest BCUT2D eigenvalue weighted by molar-refractivity contribution is -0.272. The van der Waals surface area contributed by atoms with E-state index in [1.807, 2.05) is 0 Å². The van der Waals surface area contributed by atoms with E-state index >= 15 is 0 Å². The van der Waals surface area contributed by atoms with E-state index in [-0.39, 0.29) is 35.3 Å². The van der Waals surface area contributed by atoms with Gasteiger partial charge in [0.25, 0.3) is 0 Å². The summed E-state index contributed by atoms with van der Waals surface area (Å²) in [4.78, 5) is 2.44. The Morgan fingerprint density at radius 2 is 1.75 bits per heavy atom. The molecule has 182 valence electrons. The van der Waals surface area contributed by atoms with Crippen LogP contribution in [0.25, 0.3) is 0 Å². The molecule has 0 amide bonds. The maximum Gasteiger partial charge on any atom is 0.117 e. The van der Waals surface area contributed by atoms with Gasteiger partial charge in [0.2, 0.25) is 0 Å². The quantitative estimate of drug-likeness (QED) is 0.446. The highest BCUT2D eigenvalue weighted by Gasteiger charge is 2.87. The topological polar surface area (TPSA) is 112 Å². The molecule has 1 unspecified atom stereocenters. The predicted molar refractivity (Wildman–Crippen MR) is 114 cm³/mol. The number of fused-ring (bicyclic) bond motifs is 2. The predicted octanol–water partition coefficient (Wildman–Crippen LogP) is -0.383. The lowest BCUT2D eigenvalue weighted by Crippen LogP contribution is -2.75. The number of aliphatic hydroxyl groups is 4. The highest BCUT2D eigenvalue weighted by molar-refractivity contribution is 5.36. The van der Waals surface area contributed by atoms with Crippen LogP contribution in [0.15, 0.2) is 0 Å². The Bertz CT molecular complexity index is 798. The van der Waals surface area contributed by atoms with Crippen LogP contribution in [-0.4, -0.2) is 108 Å². The second-order valence-corrected chi connectivity index (χ2v) is 11.7. The minimum atomic E-state index is -1.36. The van der Waals surface area contributed by atoms with Crippen molar-refractivity contribution in [3.05, 3.63) is 0 Å². The Balaban J connectivity index is 1.62. The molecule has 8 heteroatoms. The van der Waals surface area contributed by atoms with E-state index in [9.17, 15) is 20.4 Å². The van der Waals surface area contributed by atoms with Crippen molar-refractivity contribution >= 4 is 0 Å². The molecule has 7 bridgehead atoms. The minimum Gasteiger partial charge on any atom is -0.392 e. The van der Waals surface area contributed by atoms with Crippen LogP contribution in [0, 0.1) is 34.5 Å². The molecule has 1 aliphatic heterocycles. The third-order valence-corrected chi connectivity index (χ3v) is 11.3. The molecule has 13 atom stereocenters. The molecule has 32 heavy (non-hydrogen) atoms. The first kappa shape index (κ1) is 22.2. The van der Waals surface area contributed by atoms with Crippen molar-refractivity contribution in [1.82, 2.24) is 4.90 Å². The number of methoxy groups -OCH3 is 3. The van der Waals surface area contributed by atoms with Gasteiger partial charge in [0.1, 0.15) is 5.60 Å². The summed E-state index contributed by atoms with van der Waals surface area (Å²) < 4.78 is 17.7. The van der Waals surface area contributed by atoms with Gasteiger partial charge in [-0.25, -0.2) is 0 Å². The van der Waals surface area contributed by atoms with E-state index in [0.717, 1.165) is 13.0 Å². The van der Waals surface area contributed by atoms with Crippen LogP contribution >= 0.6 is 0 Å². The second kappa shape index (κ2) is 6.66. The molecule has 4 N–H and O–H groups in total. The number of likely N-dealkylation sites (tertiary alicyclic amines) is 1. The van der Waals surface area contributed by atoms with Gasteiger partial charge in [-0.15, -0.1) is 0 Å². The standard InChI is InChI=1S/C24H39NO7/c1-5-25-10-21(11-30-2)13(26)6-7-22-12-8-23(28)14(31-3)9-24(29,15(12)20(23)27)16(19(22)25)17(32-4)18(21)22/h12-20,26-29H,5-11H2,1-4H3/t12-,13?,14+,15-,16+,17+,18-,19-,20-,21+,22-,23-,24-/m1/s1. The van der Waals surface area contributed by atoms with Crippen LogP contribution in [-0.2, 0) is 14.2 Å². The molecule has 1 spiro atoms. The SMILES string of the molecule is CCN1C[C@]2(COC)C(O)CC[C@@]34[C@@H]5C[C@@]6(O)[C@@H](OC)C[C@@](O)([C@H]5[C@H]6O)[C@@H]([C@H](OC)[C@H]23)[C@@H]14. The fourth-order valence-electron chi connectivity index (χ4n) is 10.6.